The van der Waals surface area contributed by atoms with Gasteiger partial charge in [-0.2, -0.15) is 0 Å². The minimum absolute atomic E-state index is 0.584. The molecule has 0 spiro atoms. The van der Waals surface area contributed by atoms with Crippen molar-refractivity contribution < 1.29 is 0 Å². The lowest BCUT2D eigenvalue weighted by atomic mass is 10.1. The third-order valence-electron chi connectivity index (χ3n) is 4.49. The highest BCUT2D eigenvalue weighted by Gasteiger charge is 2.18. The fourth-order valence-corrected chi connectivity index (χ4v) is 3.44. The Kier molecular flexibility index (Phi) is 3.32. The number of hydrogen-bond donors (Lipinski definition) is 1. The molecule has 0 radical (unpaired) electrons. The molecule has 112 valence electrons. The van der Waals surface area contributed by atoms with Crippen molar-refractivity contribution in [2.45, 2.75) is 19.5 Å². The van der Waals surface area contributed by atoms with Crippen molar-refractivity contribution in [1.82, 2.24) is 19.4 Å². The maximum Gasteiger partial charge on any atom is 0.196 e. The molecule has 0 fully saturated rings. The van der Waals surface area contributed by atoms with Crippen LogP contribution in [0.1, 0.15) is 17.0 Å². The zero-order valence-corrected chi connectivity index (χ0v) is 13.4. The molecule has 0 bridgehead atoms. The summed E-state index contributed by atoms with van der Waals surface area (Å²) < 4.78 is 2.88. The number of aromatic amines is 1. The van der Waals surface area contributed by atoms with Crippen LogP contribution < -0.4 is 0 Å². The summed E-state index contributed by atoms with van der Waals surface area (Å²) in [6.07, 6.45) is 2.92. The Morgan fingerprint density at radius 1 is 1.32 bits per heavy atom. The van der Waals surface area contributed by atoms with Crippen LogP contribution in [0, 0.1) is 4.77 Å². The third kappa shape index (κ3) is 2.36. The van der Waals surface area contributed by atoms with Crippen LogP contribution in [0.3, 0.4) is 0 Å². The van der Waals surface area contributed by atoms with Gasteiger partial charge in [0.25, 0.3) is 0 Å². The quantitative estimate of drug-likeness (QED) is 0.739. The van der Waals surface area contributed by atoms with Gasteiger partial charge in [-0.3, -0.25) is 4.90 Å². The monoisotopic (exact) mass is 310 g/mol. The van der Waals surface area contributed by atoms with E-state index >= 15 is 0 Å². The zero-order chi connectivity index (χ0) is 15.1. The minimum Gasteiger partial charge on any atom is -0.346 e. The summed E-state index contributed by atoms with van der Waals surface area (Å²) >= 11 is 5.10. The molecule has 1 N–H and O–H groups in total. The Labute approximate surface area is 134 Å². The fourth-order valence-electron chi connectivity index (χ4n) is 3.27. The summed E-state index contributed by atoms with van der Waals surface area (Å²) in [6.45, 7) is 2.93. The number of fused-ring (bicyclic) bond motifs is 2. The second-order valence-electron chi connectivity index (χ2n) is 5.91. The van der Waals surface area contributed by atoms with Crippen molar-refractivity contribution in [3.05, 3.63) is 58.3 Å². The number of benzene rings is 1. The van der Waals surface area contributed by atoms with Gasteiger partial charge in [-0.05, 0) is 29.7 Å². The number of nitrogens with one attached hydrogen (secondary N) is 1. The first-order valence-electron chi connectivity index (χ1n) is 7.53. The Morgan fingerprint density at radius 3 is 3.05 bits per heavy atom. The number of rotatable bonds is 2. The van der Waals surface area contributed by atoms with Crippen LogP contribution in [-0.4, -0.2) is 26.0 Å². The molecule has 22 heavy (non-hydrogen) atoms. The number of aromatic nitrogens is 3. The molecular formula is C17H18N4S. The molecule has 3 heterocycles. The average Bonchev–Trinajstić information content (AvgIpc) is 2.84. The zero-order valence-electron chi connectivity index (χ0n) is 12.5. The van der Waals surface area contributed by atoms with Crippen molar-refractivity contribution in [3.8, 4) is 0 Å². The van der Waals surface area contributed by atoms with Gasteiger partial charge in [0.15, 0.2) is 4.77 Å². The number of nitrogens with zero attached hydrogens (tertiary/aromatic N) is 3. The van der Waals surface area contributed by atoms with Crippen molar-refractivity contribution in [1.29, 1.82) is 0 Å². The molecule has 3 aromatic rings. The summed E-state index contributed by atoms with van der Waals surface area (Å²) in [5, 5.41) is 1.31. The normalized spacial score (nSPS) is 15.1. The van der Waals surface area contributed by atoms with Crippen molar-refractivity contribution in [3.63, 3.8) is 0 Å². The third-order valence-corrected chi connectivity index (χ3v) is 4.70. The van der Waals surface area contributed by atoms with E-state index in [-0.39, 0.29) is 0 Å². The standard InChI is InChI=1S/C17H18N4S/c1-20-14(8-12-4-2-3-5-16(12)20)11-21-7-6-15-13(10-21)9-18-17(22)19-15/h2-5,8-9H,6-7,10-11H2,1H3,(H,18,19,22). The second-order valence-corrected chi connectivity index (χ2v) is 6.29. The lowest BCUT2D eigenvalue weighted by Gasteiger charge is -2.28. The van der Waals surface area contributed by atoms with E-state index in [1.54, 1.807) is 0 Å². The maximum absolute atomic E-state index is 5.10. The largest absolute Gasteiger partial charge is 0.346 e. The molecule has 0 unspecified atom stereocenters. The number of para-hydroxylation sites is 1. The highest BCUT2D eigenvalue weighted by molar-refractivity contribution is 7.71. The first kappa shape index (κ1) is 13.7. The van der Waals surface area contributed by atoms with E-state index in [1.807, 2.05) is 6.20 Å². The Balaban J connectivity index is 1.60. The van der Waals surface area contributed by atoms with Gasteiger partial charge in [-0.15, -0.1) is 0 Å². The van der Waals surface area contributed by atoms with E-state index in [1.165, 1.54) is 27.9 Å². The van der Waals surface area contributed by atoms with Gasteiger partial charge in [0.1, 0.15) is 0 Å². The van der Waals surface area contributed by atoms with Gasteiger partial charge in [0.2, 0.25) is 0 Å². The molecule has 1 aromatic carbocycles. The summed E-state index contributed by atoms with van der Waals surface area (Å²) in [4.78, 5) is 9.90. The van der Waals surface area contributed by atoms with Gasteiger partial charge < -0.3 is 9.55 Å². The van der Waals surface area contributed by atoms with Crippen LogP contribution in [-0.2, 0) is 26.6 Å². The van der Waals surface area contributed by atoms with E-state index in [9.17, 15) is 0 Å². The van der Waals surface area contributed by atoms with Crippen molar-refractivity contribution in [2.24, 2.45) is 7.05 Å². The molecule has 1 aliphatic heterocycles. The highest BCUT2D eigenvalue weighted by atomic mass is 32.1. The number of aryl methyl sites for hydroxylation is 1. The highest BCUT2D eigenvalue weighted by Crippen LogP contribution is 2.22. The lowest BCUT2D eigenvalue weighted by Crippen LogP contribution is -2.31. The first-order chi connectivity index (χ1) is 10.7. The summed E-state index contributed by atoms with van der Waals surface area (Å²) in [5.74, 6) is 0. The van der Waals surface area contributed by atoms with E-state index in [0.717, 1.165) is 26.1 Å². The smallest absolute Gasteiger partial charge is 0.196 e. The summed E-state index contributed by atoms with van der Waals surface area (Å²) in [5.41, 5.74) is 5.15. The van der Waals surface area contributed by atoms with Crippen molar-refractivity contribution >= 4 is 23.1 Å². The molecule has 2 aromatic heterocycles. The lowest BCUT2D eigenvalue weighted by molar-refractivity contribution is 0.238. The first-order valence-corrected chi connectivity index (χ1v) is 7.94. The van der Waals surface area contributed by atoms with Gasteiger partial charge in [-0.25, -0.2) is 4.98 Å². The predicted molar refractivity (Wildman–Crippen MR) is 90.2 cm³/mol. The molecule has 0 aliphatic carbocycles. The van der Waals surface area contributed by atoms with Crippen LogP contribution in [0.5, 0.6) is 0 Å². The molecule has 4 rings (SSSR count). The number of hydrogen-bond acceptors (Lipinski definition) is 3. The number of H-pyrrole nitrogens is 1. The van der Waals surface area contributed by atoms with Crippen LogP contribution in [0.15, 0.2) is 36.5 Å². The molecule has 0 atom stereocenters. The van der Waals surface area contributed by atoms with Crippen LogP contribution in [0.2, 0.25) is 0 Å². The molecule has 0 amide bonds. The van der Waals surface area contributed by atoms with Crippen molar-refractivity contribution in [2.75, 3.05) is 6.54 Å². The van der Waals surface area contributed by atoms with Crippen LogP contribution >= 0.6 is 12.2 Å². The van der Waals surface area contributed by atoms with Crippen LogP contribution in [0.25, 0.3) is 10.9 Å². The SMILES string of the molecule is Cn1c(CN2CCc3[nH]c(=S)ncc3C2)cc2ccccc21. The van der Waals surface area contributed by atoms with Gasteiger partial charge in [0.05, 0.1) is 0 Å². The van der Waals surface area contributed by atoms with Gasteiger partial charge in [-0.1, -0.05) is 18.2 Å². The van der Waals surface area contributed by atoms with E-state index in [4.69, 9.17) is 12.2 Å². The Bertz CT molecular complexity index is 893. The summed E-state index contributed by atoms with van der Waals surface area (Å²) in [6, 6.07) is 10.8. The Hall–Kier alpha value is -1.98. The molecule has 1 aliphatic rings. The maximum atomic E-state index is 5.10. The Morgan fingerprint density at radius 2 is 2.18 bits per heavy atom. The summed E-state index contributed by atoms with van der Waals surface area (Å²) in [7, 11) is 2.15. The van der Waals surface area contributed by atoms with Crippen LogP contribution in [0.4, 0.5) is 0 Å². The average molecular weight is 310 g/mol. The fraction of sp³-hybridized carbons (Fsp3) is 0.294. The molecule has 4 nitrogen and oxygen atoms in total. The minimum atomic E-state index is 0.584. The molecular weight excluding hydrogens is 292 g/mol. The molecule has 5 heteroatoms. The van der Waals surface area contributed by atoms with E-state index < -0.39 is 0 Å². The van der Waals surface area contributed by atoms with E-state index in [2.05, 4.69) is 56.8 Å². The second kappa shape index (κ2) is 5.34. The predicted octanol–water partition coefficient (Wildman–Crippen LogP) is 3.19. The van der Waals surface area contributed by atoms with E-state index in [0.29, 0.717) is 4.77 Å². The van der Waals surface area contributed by atoms with Gasteiger partial charge >= 0.3 is 0 Å². The molecule has 0 saturated carbocycles. The molecule has 0 saturated heterocycles. The van der Waals surface area contributed by atoms with Gasteiger partial charge in [0, 0.05) is 61.8 Å². The topological polar surface area (TPSA) is 36.9 Å².